The van der Waals surface area contributed by atoms with E-state index in [0.29, 0.717) is 0 Å². The average Bonchev–Trinajstić information content (AvgIpc) is 2.47. The van der Waals surface area contributed by atoms with E-state index in [2.05, 4.69) is 10.3 Å². The van der Waals surface area contributed by atoms with Crippen molar-refractivity contribution in [1.29, 1.82) is 0 Å². The summed E-state index contributed by atoms with van der Waals surface area (Å²) in [6.07, 6.45) is 1.30. The van der Waals surface area contributed by atoms with Gasteiger partial charge in [0.25, 0.3) is 5.91 Å². The number of nitrogens with zero attached hydrogens (tertiary/aromatic N) is 1. The smallest absolute Gasteiger partial charge is 0.338 e. The van der Waals surface area contributed by atoms with Crippen LogP contribution in [0.2, 0.25) is 0 Å². The second kappa shape index (κ2) is 5.83. The number of rotatable bonds is 4. The van der Waals surface area contributed by atoms with Crippen LogP contribution < -0.4 is 5.32 Å². The molecule has 1 aromatic carbocycles. The number of nitrogens with one attached hydrogen (secondary N) is 1. The molecule has 0 bridgehead atoms. The van der Waals surface area contributed by atoms with Gasteiger partial charge in [-0.25, -0.2) is 9.59 Å². The summed E-state index contributed by atoms with van der Waals surface area (Å²) < 4.78 is 0. The number of benzene rings is 1. The predicted molar refractivity (Wildman–Crippen MR) is 72.6 cm³/mol. The molecule has 0 aliphatic carbocycles. The standard InChI is InChI=1S/C14H10N2O5/c17-12(11-10(14(20)21)5-2-6-15-11)16-9-4-1-3-8(7-9)13(18)19/h1-7H,(H,16,17)(H,18,19)(H,20,21). The lowest BCUT2D eigenvalue weighted by Crippen LogP contribution is -2.18. The number of amides is 1. The number of carbonyl (C=O) groups excluding carboxylic acids is 1. The number of aromatic carboxylic acids is 2. The molecule has 0 atom stereocenters. The number of hydrogen-bond acceptors (Lipinski definition) is 4. The Bertz CT molecular complexity index is 727. The number of anilines is 1. The predicted octanol–water partition coefficient (Wildman–Crippen LogP) is 1.73. The van der Waals surface area contributed by atoms with Crippen molar-refractivity contribution in [2.75, 3.05) is 5.32 Å². The maximum absolute atomic E-state index is 12.0. The average molecular weight is 286 g/mol. The topological polar surface area (TPSA) is 117 Å². The van der Waals surface area contributed by atoms with Crippen LogP contribution in [0.4, 0.5) is 5.69 Å². The number of hydrogen-bond donors (Lipinski definition) is 3. The Morgan fingerprint density at radius 2 is 1.76 bits per heavy atom. The summed E-state index contributed by atoms with van der Waals surface area (Å²) in [6.45, 7) is 0. The highest BCUT2D eigenvalue weighted by Crippen LogP contribution is 2.13. The molecule has 1 amide bonds. The van der Waals surface area contributed by atoms with Crippen LogP contribution in [0.15, 0.2) is 42.6 Å². The van der Waals surface area contributed by atoms with Crippen LogP contribution in [0.3, 0.4) is 0 Å². The Kier molecular flexibility index (Phi) is 3.94. The molecule has 21 heavy (non-hydrogen) atoms. The normalized spacial score (nSPS) is 9.90. The molecule has 106 valence electrons. The molecule has 2 rings (SSSR count). The molecule has 0 aliphatic heterocycles. The Morgan fingerprint density at radius 3 is 2.43 bits per heavy atom. The Morgan fingerprint density at radius 1 is 1.00 bits per heavy atom. The lowest BCUT2D eigenvalue weighted by atomic mass is 10.1. The van der Waals surface area contributed by atoms with Crippen LogP contribution >= 0.6 is 0 Å². The molecule has 0 fully saturated rings. The third kappa shape index (κ3) is 3.21. The minimum Gasteiger partial charge on any atom is -0.478 e. The fourth-order valence-corrected chi connectivity index (χ4v) is 1.68. The molecule has 0 radical (unpaired) electrons. The largest absolute Gasteiger partial charge is 0.478 e. The van der Waals surface area contributed by atoms with E-state index >= 15 is 0 Å². The monoisotopic (exact) mass is 286 g/mol. The van der Waals surface area contributed by atoms with Gasteiger partial charge >= 0.3 is 11.9 Å². The lowest BCUT2D eigenvalue weighted by Gasteiger charge is -2.07. The van der Waals surface area contributed by atoms with Gasteiger partial charge in [-0.05, 0) is 30.3 Å². The second-order valence-corrected chi connectivity index (χ2v) is 4.04. The van der Waals surface area contributed by atoms with Crippen molar-refractivity contribution < 1.29 is 24.6 Å². The molecule has 0 saturated heterocycles. The van der Waals surface area contributed by atoms with Crippen molar-refractivity contribution in [1.82, 2.24) is 4.98 Å². The zero-order valence-electron chi connectivity index (χ0n) is 10.6. The van der Waals surface area contributed by atoms with Crippen molar-refractivity contribution >= 4 is 23.5 Å². The SMILES string of the molecule is O=C(O)c1cccc(NC(=O)c2ncccc2C(=O)O)c1. The molecular formula is C14H10N2O5. The molecule has 3 N–H and O–H groups in total. The summed E-state index contributed by atoms with van der Waals surface area (Å²) in [7, 11) is 0. The van der Waals surface area contributed by atoms with Crippen LogP contribution in [0.5, 0.6) is 0 Å². The molecule has 0 spiro atoms. The molecule has 7 nitrogen and oxygen atoms in total. The number of carbonyl (C=O) groups is 3. The summed E-state index contributed by atoms with van der Waals surface area (Å²) in [5, 5.41) is 20.3. The highest BCUT2D eigenvalue weighted by atomic mass is 16.4. The first kappa shape index (κ1) is 14.2. The Labute approximate surface area is 118 Å². The zero-order valence-corrected chi connectivity index (χ0v) is 10.6. The van der Waals surface area contributed by atoms with E-state index in [9.17, 15) is 14.4 Å². The van der Waals surface area contributed by atoms with Crippen LogP contribution in [-0.2, 0) is 0 Å². The van der Waals surface area contributed by atoms with Crippen molar-refractivity contribution in [3.63, 3.8) is 0 Å². The Balaban J connectivity index is 2.28. The first-order valence-corrected chi connectivity index (χ1v) is 5.82. The van der Waals surface area contributed by atoms with E-state index in [4.69, 9.17) is 10.2 Å². The van der Waals surface area contributed by atoms with Crippen molar-refractivity contribution in [2.45, 2.75) is 0 Å². The van der Waals surface area contributed by atoms with Crippen LogP contribution in [-0.4, -0.2) is 33.0 Å². The van der Waals surface area contributed by atoms with Gasteiger partial charge in [0.05, 0.1) is 11.1 Å². The van der Waals surface area contributed by atoms with Crippen LogP contribution in [0.1, 0.15) is 31.2 Å². The lowest BCUT2D eigenvalue weighted by molar-refractivity contribution is 0.0684. The van der Waals surface area contributed by atoms with Crippen LogP contribution in [0, 0.1) is 0 Å². The molecule has 0 aliphatic rings. The summed E-state index contributed by atoms with van der Waals surface area (Å²) in [5.74, 6) is -3.13. The van der Waals surface area contributed by atoms with Gasteiger partial charge in [0.2, 0.25) is 0 Å². The number of carboxylic acid groups (broad SMARTS) is 2. The van der Waals surface area contributed by atoms with Crippen LogP contribution in [0.25, 0.3) is 0 Å². The van der Waals surface area contributed by atoms with Gasteiger partial charge < -0.3 is 15.5 Å². The van der Waals surface area contributed by atoms with Crippen molar-refractivity contribution in [3.05, 3.63) is 59.4 Å². The van der Waals surface area contributed by atoms with Crippen molar-refractivity contribution in [3.8, 4) is 0 Å². The van der Waals surface area contributed by atoms with Gasteiger partial charge in [-0.15, -0.1) is 0 Å². The van der Waals surface area contributed by atoms with Gasteiger partial charge in [0, 0.05) is 11.9 Å². The molecule has 0 saturated carbocycles. The van der Waals surface area contributed by atoms with E-state index < -0.39 is 17.8 Å². The molecule has 0 unspecified atom stereocenters. The molecule has 2 aromatic rings. The minimum atomic E-state index is -1.27. The summed E-state index contributed by atoms with van der Waals surface area (Å²) in [5.41, 5.74) is -0.232. The number of carboxylic acids is 2. The summed E-state index contributed by atoms with van der Waals surface area (Å²) in [6, 6.07) is 8.28. The first-order valence-electron chi connectivity index (χ1n) is 5.82. The maximum atomic E-state index is 12.0. The van der Waals surface area contributed by atoms with Gasteiger partial charge in [-0.3, -0.25) is 9.78 Å². The van der Waals surface area contributed by atoms with E-state index in [1.807, 2.05) is 0 Å². The Hall–Kier alpha value is -3.22. The summed E-state index contributed by atoms with van der Waals surface area (Å²) in [4.78, 5) is 37.7. The minimum absolute atomic E-state index is 0.00674. The highest BCUT2D eigenvalue weighted by Gasteiger charge is 2.17. The van der Waals surface area contributed by atoms with E-state index in [-0.39, 0.29) is 22.5 Å². The zero-order chi connectivity index (χ0) is 15.4. The quantitative estimate of drug-likeness (QED) is 0.788. The van der Waals surface area contributed by atoms with Gasteiger partial charge in [-0.1, -0.05) is 6.07 Å². The number of aromatic nitrogens is 1. The molecular weight excluding hydrogens is 276 g/mol. The summed E-state index contributed by atoms with van der Waals surface area (Å²) >= 11 is 0. The maximum Gasteiger partial charge on any atom is 0.338 e. The van der Waals surface area contributed by atoms with E-state index in [1.54, 1.807) is 0 Å². The highest BCUT2D eigenvalue weighted by molar-refractivity contribution is 6.09. The van der Waals surface area contributed by atoms with Gasteiger partial charge in [0.15, 0.2) is 0 Å². The first-order chi connectivity index (χ1) is 9.99. The fourth-order valence-electron chi connectivity index (χ4n) is 1.68. The molecule has 1 heterocycles. The second-order valence-electron chi connectivity index (χ2n) is 4.04. The third-order valence-electron chi connectivity index (χ3n) is 2.62. The third-order valence-corrected chi connectivity index (χ3v) is 2.62. The van der Waals surface area contributed by atoms with Crippen molar-refractivity contribution in [2.24, 2.45) is 0 Å². The van der Waals surface area contributed by atoms with Gasteiger partial charge in [0.1, 0.15) is 5.69 Å². The van der Waals surface area contributed by atoms with E-state index in [1.165, 1.54) is 42.6 Å². The fraction of sp³-hybridized carbons (Fsp3) is 0. The van der Waals surface area contributed by atoms with Gasteiger partial charge in [-0.2, -0.15) is 0 Å². The van der Waals surface area contributed by atoms with E-state index in [0.717, 1.165) is 0 Å². The number of pyridine rings is 1. The molecule has 7 heteroatoms. The molecule has 1 aromatic heterocycles.